The lowest BCUT2D eigenvalue weighted by molar-refractivity contribution is 0.0950. The zero-order chi connectivity index (χ0) is 12.1. The van der Waals surface area contributed by atoms with E-state index in [1.54, 1.807) is 19.1 Å². The molecule has 86 valence electrons. The van der Waals surface area contributed by atoms with E-state index in [1.165, 1.54) is 6.07 Å². The third-order valence-corrected chi connectivity index (χ3v) is 2.30. The van der Waals surface area contributed by atoms with Gasteiger partial charge in [-0.25, -0.2) is 4.39 Å². The topological polar surface area (TPSA) is 55.1 Å². The van der Waals surface area contributed by atoms with E-state index < -0.39 is 11.7 Å². The van der Waals surface area contributed by atoms with Crippen LogP contribution in [0.5, 0.6) is 0 Å². The largest absolute Gasteiger partial charge is 0.393 e. The van der Waals surface area contributed by atoms with Crippen molar-refractivity contribution in [1.29, 1.82) is 0 Å². The van der Waals surface area contributed by atoms with E-state index >= 15 is 0 Å². The monoisotopic (exact) mass is 240 g/mol. The van der Waals surface area contributed by atoms with Crippen LogP contribution in [0.25, 0.3) is 0 Å². The molecule has 1 aromatic carbocycles. The number of amides is 1. The molecule has 0 fully saturated rings. The van der Waals surface area contributed by atoms with Crippen molar-refractivity contribution in [2.75, 3.05) is 6.54 Å². The van der Waals surface area contributed by atoms with Gasteiger partial charge in [0.1, 0.15) is 5.82 Å². The summed E-state index contributed by atoms with van der Waals surface area (Å²) in [4.78, 5) is 11.9. The Labute approximate surface area is 98.8 Å². The minimum atomic E-state index is -0.490. The zero-order valence-electron chi connectivity index (χ0n) is 8.92. The highest BCUT2D eigenvalue weighted by atomic mass is 32.1. The van der Waals surface area contributed by atoms with Gasteiger partial charge in [-0.1, -0.05) is 24.4 Å². The number of benzene rings is 1. The Morgan fingerprint density at radius 1 is 1.56 bits per heavy atom. The van der Waals surface area contributed by atoms with Gasteiger partial charge in [-0.2, -0.15) is 0 Å². The summed E-state index contributed by atoms with van der Waals surface area (Å²) in [5.74, 6) is -0.937. The molecule has 0 unspecified atom stereocenters. The van der Waals surface area contributed by atoms with Gasteiger partial charge < -0.3 is 11.1 Å². The Bertz CT molecular complexity index is 420. The summed E-state index contributed by atoms with van der Waals surface area (Å²) in [5, 5.41) is 2.55. The fourth-order valence-corrected chi connectivity index (χ4v) is 1.32. The van der Waals surface area contributed by atoms with Gasteiger partial charge in [0.05, 0.1) is 10.6 Å². The Balaban J connectivity index is 2.66. The molecule has 16 heavy (non-hydrogen) atoms. The first kappa shape index (κ1) is 12.6. The minimum absolute atomic E-state index is 0.0444. The first-order valence-corrected chi connectivity index (χ1v) is 5.25. The second-order valence-corrected chi connectivity index (χ2v) is 3.93. The molecule has 0 aliphatic heterocycles. The SMILES string of the molecule is Cc1cccc(C(=O)NCCC(N)=S)c1F. The number of nitrogens with two attached hydrogens (primary N) is 1. The van der Waals surface area contributed by atoms with Crippen LogP contribution < -0.4 is 11.1 Å². The van der Waals surface area contributed by atoms with Crippen molar-refractivity contribution in [3.8, 4) is 0 Å². The Hall–Kier alpha value is -1.49. The molecule has 5 heteroatoms. The molecule has 0 bridgehead atoms. The molecular weight excluding hydrogens is 227 g/mol. The van der Waals surface area contributed by atoms with Crippen molar-refractivity contribution >= 4 is 23.1 Å². The fraction of sp³-hybridized carbons (Fsp3) is 0.273. The van der Waals surface area contributed by atoms with E-state index in [2.05, 4.69) is 17.5 Å². The van der Waals surface area contributed by atoms with Crippen molar-refractivity contribution in [3.05, 3.63) is 35.1 Å². The van der Waals surface area contributed by atoms with Gasteiger partial charge in [-0.3, -0.25) is 4.79 Å². The zero-order valence-corrected chi connectivity index (χ0v) is 9.73. The van der Waals surface area contributed by atoms with Gasteiger partial charge in [0.2, 0.25) is 0 Å². The van der Waals surface area contributed by atoms with E-state index in [4.69, 9.17) is 5.73 Å². The van der Waals surface area contributed by atoms with E-state index in [1.807, 2.05) is 0 Å². The first-order chi connectivity index (χ1) is 7.52. The van der Waals surface area contributed by atoms with Crippen LogP contribution in [0.2, 0.25) is 0 Å². The van der Waals surface area contributed by atoms with E-state index in [-0.39, 0.29) is 5.56 Å². The maximum atomic E-state index is 13.5. The summed E-state index contributed by atoms with van der Waals surface area (Å²) in [5.41, 5.74) is 5.77. The number of hydrogen-bond donors (Lipinski definition) is 2. The van der Waals surface area contributed by atoms with E-state index in [9.17, 15) is 9.18 Å². The predicted molar refractivity (Wildman–Crippen MR) is 64.9 cm³/mol. The number of rotatable bonds is 4. The molecule has 0 radical (unpaired) electrons. The molecule has 0 saturated carbocycles. The Kier molecular flexibility index (Phi) is 4.37. The number of carbonyl (C=O) groups is 1. The fourth-order valence-electron chi connectivity index (χ4n) is 1.22. The lowest BCUT2D eigenvalue weighted by Crippen LogP contribution is -2.28. The number of hydrogen-bond acceptors (Lipinski definition) is 2. The van der Waals surface area contributed by atoms with Crippen molar-refractivity contribution in [3.63, 3.8) is 0 Å². The molecule has 0 aromatic heterocycles. The number of halogens is 1. The van der Waals surface area contributed by atoms with Gasteiger partial charge >= 0.3 is 0 Å². The molecule has 3 N–H and O–H groups in total. The molecule has 0 spiro atoms. The molecule has 0 atom stereocenters. The van der Waals surface area contributed by atoms with Gasteiger partial charge in [-0.05, 0) is 18.6 Å². The Morgan fingerprint density at radius 2 is 2.25 bits per heavy atom. The lowest BCUT2D eigenvalue weighted by Gasteiger charge is -2.06. The third-order valence-electron chi connectivity index (χ3n) is 2.09. The number of thiocarbonyl (C=S) groups is 1. The van der Waals surface area contributed by atoms with Crippen molar-refractivity contribution in [2.45, 2.75) is 13.3 Å². The highest BCUT2D eigenvalue weighted by Gasteiger charge is 2.12. The lowest BCUT2D eigenvalue weighted by atomic mass is 10.1. The number of carbonyl (C=O) groups excluding carboxylic acids is 1. The van der Waals surface area contributed by atoms with Crippen LogP contribution in [0.15, 0.2) is 18.2 Å². The summed E-state index contributed by atoms with van der Waals surface area (Å²) < 4.78 is 13.5. The molecule has 0 heterocycles. The highest BCUT2D eigenvalue weighted by molar-refractivity contribution is 7.80. The van der Waals surface area contributed by atoms with Crippen LogP contribution in [-0.4, -0.2) is 17.4 Å². The first-order valence-electron chi connectivity index (χ1n) is 4.84. The van der Waals surface area contributed by atoms with Crippen molar-refractivity contribution in [1.82, 2.24) is 5.32 Å². The van der Waals surface area contributed by atoms with Crippen molar-refractivity contribution < 1.29 is 9.18 Å². The van der Waals surface area contributed by atoms with Crippen LogP contribution in [0.3, 0.4) is 0 Å². The molecule has 3 nitrogen and oxygen atoms in total. The highest BCUT2D eigenvalue weighted by Crippen LogP contribution is 2.11. The van der Waals surface area contributed by atoms with Crippen LogP contribution >= 0.6 is 12.2 Å². The van der Waals surface area contributed by atoms with Gasteiger partial charge in [0, 0.05) is 13.0 Å². The quantitative estimate of drug-likeness (QED) is 0.785. The van der Waals surface area contributed by atoms with Gasteiger partial charge in [-0.15, -0.1) is 0 Å². The summed E-state index contributed by atoms with van der Waals surface area (Å²) in [6.45, 7) is 1.93. The molecule has 1 rings (SSSR count). The summed E-state index contributed by atoms with van der Waals surface area (Å²) in [6, 6.07) is 4.69. The number of aryl methyl sites for hydroxylation is 1. The van der Waals surface area contributed by atoms with Crippen LogP contribution in [0.4, 0.5) is 4.39 Å². The molecular formula is C11H13FN2OS. The number of nitrogens with one attached hydrogen (secondary N) is 1. The minimum Gasteiger partial charge on any atom is -0.393 e. The summed E-state index contributed by atoms with van der Waals surface area (Å²) >= 11 is 4.66. The van der Waals surface area contributed by atoms with Crippen LogP contribution in [-0.2, 0) is 0 Å². The smallest absolute Gasteiger partial charge is 0.254 e. The molecule has 1 amide bonds. The van der Waals surface area contributed by atoms with Gasteiger partial charge in [0.15, 0.2) is 0 Å². The maximum Gasteiger partial charge on any atom is 0.254 e. The van der Waals surface area contributed by atoms with Crippen LogP contribution in [0.1, 0.15) is 22.3 Å². The normalized spacial score (nSPS) is 9.88. The van der Waals surface area contributed by atoms with E-state index in [0.29, 0.717) is 23.5 Å². The molecule has 0 saturated heterocycles. The standard InChI is InChI=1S/C11H13FN2OS/c1-7-3-2-4-8(10(7)12)11(15)14-6-5-9(13)16/h2-4H,5-6H2,1H3,(H2,13,16)(H,14,15). The summed E-state index contributed by atoms with van der Waals surface area (Å²) in [7, 11) is 0. The summed E-state index contributed by atoms with van der Waals surface area (Å²) in [6.07, 6.45) is 0.411. The average molecular weight is 240 g/mol. The predicted octanol–water partition coefficient (Wildman–Crippen LogP) is 1.54. The third kappa shape index (κ3) is 3.27. The van der Waals surface area contributed by atoms with Crippen molar-refractivity contribution in [2.24, 2.45) is 5.73 Å². The van der Waals surface area contributed by atoms with Gasteiger partial charge in [0.25, 0.3) is 5.91 Å². The van der Waals surface area contributed by atoms with Crippen LogP contribution in [0, 0.1) is 12.7 Å². The van der Waals surface area contributed by atoms with E-state index in [0.717, 1.165) is 0 Å². The second-order valence-electron chi connectivity index (χ2n) is 3.41. The second kappa shape index (κ2) is 5.55. The average Bonchev–Trinajstić information content (AvgIpc) is 2.21. The molecule has 0 aliphatic rings. The molecule has 0 aliphatic carbocycles. The maximum absolute atomic E-state index is 13.5. The Morgan fingerprint density at radius 3 is 2.88 bits per heavy atom. The molecule has 1 aromatic rings.